The number of nitrogens with zero attached hydrogens (tertiary/aromatic N) is 1. The highest BCUT2D eigenvalue weighted by molar-refractivity contribution is 6.30. The van der Waals surface area contributed by atoms with E-state index in [2.05, 4.69) is 16.0 Å². The SMILES string of the molecule is C[C@@H](NC(=O)NCCNc1ccccc1[N+](=O)[O-])c1ccc(Cl)cc1. The fraction of sp³-hybridized carbons (Fsp3) is 0.235. The molecule has 1 atom stereocenters. The van der Waals surface area contributed by atoms with Crippen LogP contribution in [0.5, 0.6) is 0 Å². The monoisotopic (exact) mass is 362 g/mol. The van der Waals surface area contributed by atoms with E-state index in [9.17, 15) is 14.9 Å². The first-order chi connectivity index (χ1) is 12.0. The normalized spacial score (nSPS) is 11.4. The molecule has 0 unspecified atom stereocenters. The van der Waals surface area contributed by atoms with Crippen LogP contribution in [0.1, 0.15) is 18.5 Å². The van der Waals surface area contributed by atoms with E-state index in [1.54, 1.807) is 30.3 Å². The Kier molecular flexibility index (Phi) is 6.59. The molecule has 0 aliphatic carbocycles. The Hall–Kier alpha value is -2.80. The zero-order valence-corrected chi connectivity index (χ0v) is 14.4. The van der Waals surface area contributed by atoms with E-state index in [-0.39, 0.29) is 17.8 Å². The molecule has 0 aliphatic heterocycles. The molecule has 0 saturated heterocycles. The largest absolute Gasteiger partial charge is 0.378 e. The van der Waals surface area contributed by atoms with E-state index in [1.807, 2.05) is 19.1 Å². The van der Waals surface area contributed by atoms with Gasteiger partial charge in [-0.1, -0.05) is 35.9 Å². The molecule has 0 heterocycles. The topological polar surface area (TPSA) is 96.3 Å². The molecule has 0 radical (unpaired) electrons. The van der Waals surface area contributed by atoms with Crippen molar-refractivity contribution in [2.45, 2.75) is 13.0 Å². The van der Waals surface area contributed by atoms with Crippen molar-refractivity contribution in [3.05, 3.63) is 69.2 Å². The third-order valence-corrected chi connectivity index (χ3v) is 3.80. The maximum Gasteiger partial charge on any atom is 0.315 e. The van der Waals surface area contributed by atoms with Crippen molar-refractivity contribution in [1.82, 2.24) is 10.6 Å². The summed E-state index contributed by atoms with van der Waals surface area (Å²) < 4.78 is 0. The predicted molar refractivity (Wildman–Crippen MR) is 98.0 cm³/mol. The fourth-order valence-electron chi connectivity index (χ4n) is 2.24. The van der Waals surface area contributed by atoms with Crippen LogP contribution < -0.4 is 16.0 Å². The number of rotatable bonds is 7. The minimum absolute atomic E-state index is 0.00307. The molecule has 0 aliphatic rings. The van der Waals surface area contributed by atoms with E-state index in [4.69, 9.17) is 11.6 Å². The number of carbonyl (C=O) groups is 1. The molecule has 2 amide bonds. The summed E-state index contributed by atoms with van der Waals surface area (Å²) >= 11 is 5.84. The summed E-state index contributed by atoms with van der Waals surface area (Å²) in [5, 5.41) is 20.0. The quantitative estimate of drug-likeness (QED) is 0.397. The zero-order chi connectivity index (χ0) is 18.2. The molecular weight excluding hydrogens is 344 g/mol. The Morgan fingerprint density at radius 1 is 1.16 bits per heavy atom. The lowest BCUT2D eigenvalue weighted by atomic mass is 10.1. The number of benzene rings is 2. The Labute approximate surface area is 150 Å². The van der Waals surface area contributed by atoms with E-state index in [0.29, 0.717) is 23.8 Å². The van der Waals surface area contributed by atoms with Crippen molar-refractivity contribution in [1.29, 1.82) is 0 Å². The average Bonchev–Trinajstić information content (AvgIpc) is 2.59. The Morgan fingerprint density at radius 3 is 2.52 bits per heavy atom. The summed E-state index contributed by atoms with van der Waals surface area (Å²) in [6, 6.07) is 13.1. The van der Waals surface area contributed by atoms with Gasteiger partial charge in [-0.15, -0.1) is 0 Å². The second-order valence-corrected chi connectivity index (χ2v) is 5.81. The number of amides is 2. The van der Waals surface area contributed by atoms with Crippen molar-refractivity contribution in [3.63, 3.8) is 0 Å². The highest BCUT2D eigenvalue weighted by Crippen LogP contribution is 2.22. The first kappa shape index (κ1) is 18.5. The van der Waals surface area contributed by atoms with Gasteiger partial charge in [0.15, 0.2) is 0 Å². The van der Waals surface area contributed by atoms with E-state index >= 15 is 0 Å². The van der Waals surface area contributed by atoms with Gasteiger partial charge in [0.05, 0.1) is 11.0 Å². The number of nitro benzene ring substituents is 1. The molecule has 25 heavy (non-hydrogen) atoms. The summed E-state index contributed by atoms with van der Waals surface area (Å²) in [6.45, 7) is 2.56. The molecule has 0 bridgehead atoms. The smallest absolute Gasteiger partial charge is 0.315 e. The van der Waals surface area contributed by atoms with Gasteiger partial charge >= 0.3 is 6.03 Å². The van der Waals surface area contributed by atoms with E-state index < -0.39 is 4.92 Å². The van der Waals surface area contributed by atoms with E-state index in [0.717, 1.165) is 5.56 Å². The standard InChI is InChI=1S/C17H19ClN4O3/c1-12(13-6-8-14(18)9-7-13)21-17(23)20-11-10-19-15-4-2-3-5-16(15)22(24)25/h2-9,12,19H,10-11H2,1H3,(H2,20,21,23)/t12-/m1/s1. The number of carbonyl (C=O) groups excluding carboxylic acids is 1. The second kappa shape index (κ2) is 8.89. The highest BCUT2D eigenvalue weighted by atomic mass is 35.5. The number of urea groups is 1. The molecule has 0 saturated carbocycles. The van der Waals surface area contributed by atoms with Crippen molar-refractivity contribution < 1.29 is 9.72 Å². The molecule has 8 heteroatoms. The Balaban J connectivity index is 1.75. The minimum atomic E-state index is -0.448. The Bertz CT molecular complexity index is 737. The number of halogens is 1. The summed E-state index contributed by atoms with van der Waals surface area (Å²) in [5.41, 5.74) is 1.37. The third-order valence-electron chi connectivity index (χ3n) is 3.54. The van der Waals surface area contributed by atoms with Crippen LogP contribution in [0, 0.1) is 10.1 Å². The van der Waals surface area contributed by atoms with Gasteiger partial charge in [0.1, 0.15) is 5.69 Å². The van der Waals surface area contributed by atoms with Gasteiger partial charge in [-0.05, 0) is 30.7 Å². The minimum Gasteiger partial charge on any atom is -0.378 e. The molecule has 2 rings (SSSR count). The fourth-order valence-corrected chi connectivity index (χ4v) is 2.36. The molecule has 132 valence electrons. The predicted octanol–water partition coefficient (Wildman–Crippen LogP) is 3.72. The van der Waals surface area contributed by atoms with Crippen LogP contribution in [0.3, 0.4) is 0 Å². The van der Waals surface area contributed by atoms with Crippen LogP contribution in [-0.4, -0.2) is 24.0 Å². The summed E-state index contributed by atoms with van der Waals surface area (Å²) in [7, 11) is 0. The number of para-hydroxylation sites is 2. The molecule has 0 aromatic heterocycles. The van der Waals surface area contributed by atoms with Gasteiger partial charge < -0.3 is 16.0 Å². The zero-order valence-electron chi connectivity index (χ0n) is 13.7. The lowest BCUT2D eigenvalue weighted by molar-refractivity contribution is -0.384. The van der Waals surface area contributed by atoms with Crippen LogP contribution in [-0.2, 0) is 0 Å². The van der Waals surface area contributed by atoms with Crippen molar-refractivity contribution >= 4 is 29.0 Å². The second-order valence-electron chi connectivity index (χ2n) is 5.37. The number of nitrogens with one attached hydrogen (secondary N) is 3. The van der Waals surface area contributed by atoms with Crippen LogP contribution in [0.15, 0.2) is 48.5 Å². The maximum absolute atomic E-state index is 11.9. The van der Waals surface area contributed by atoms with Crippen molar-refractivity contribution in [3.8, 4) is 0 Å². The van der Waals surface area contributed by atoms with E-state index in [1.165, 1.54) is 6.07 Å². The summed E-state index contributed by atoms with van der Waals surface area (Å²) in [5.74, 6) is 0. The Morgan fingerprint density at radius 2 is 1.84 bits per heavy atom. The molecule has 0 spiro atoms. The van der Waals surface area contributed by atoms with Crippen LogP contribution in [0.2, 0.25) is 5.02 Å². The number of hydrogen-bond donors (Lipinski definition) is 3. The molecular formula is C17H19ClN4O3. The molecule has 3 N–H and O–H groups in total. The van der Waals surface area contributed by atoms with Crippen molar-refractivity contribution in [2.24, 2.45) is 0 Å². The first-order valence-corrected chi connectivity index (χ1v) is 8.12. The molecule has 7 nitrogen and oxygen atoms in total. The average molecular weight is 363 g/mol. The number of anilines is 1. The lowest BCUT2D eigenvalue weighted by Gasteiger charge is -2.15. The summed E-state index contributed by atoms with van der Waals surface area (Å²) in [4.78, 5) is 22.4. The van der Waals surface area contributed by atoms with Crippen LogP contribution >= 0.6 is 11.6 Å². The summed E-state index contributed by atoms with van der Waals surface area (Å²) in [6.07, 6.45) is 0. The highest BCUT2D eigenvalue weighted by Gasteiger charge is 2.12. The number of nitro groups is 1. The van der Waals surface area contributed by atoms with Gasteiger partial charge in [-0.2, -0.15) is 0 Å². The van der Waals surface area contributed by atoms with Gasteiger partial charge in [-0.25, -0.2) is 4.79 Å². The lowest BCUT2D eigenvalue weighted by Crippen LogP contribution is -2.39. The van der Waals surface area contributed by atoms with Gasteiger partial charge in [-0.3, -0.25) is 10.1 Å². The van der Waals surface area contributed by atoms with Crippen molar-refractivity contribution in [2.75, 3.05) is 18.4 Å². The van der Waals surface area contributed by atoms with Gasteiger partial charge in [0.25, 0.3) is 5.69 Å². The van der Waals surface area contributed by atoms with Gasteiger partial charge in [0, 0.05) is 24.2 Å². The maximum atomic E-state index is 11.9. The molecule has 0 fully saturated rings. The number of hydrogen-bond acceptors (Lipinski definition) is 4. The molecule has 2 aromatic carbocycles. The van der Waals surface area contributed by atoms with Crippen LogP contribution in [0.25, 0.3) is 0 Å². The first-order valence-electron chi connectivity index (χ1n) is 7.74. The van der Waals surface area contributed by atoms with Crippen LogP contribution in [0.4, 0.5) is 16.2 Å². The van der Waals surface area contributed by atoms with Gasteiger partial charge in [0.2, 0.25) is 0 Å². The third kappa shape index (κ3) is 5.65. The molecule has 2 aromatic rings.